The van der Waals surface area contributed by atoms with Crippen LogP contribution in [-0.2, 0) is 5.54 Å². The fraction of sp³-hybridized carbons (Fsp3) is 0.625. The predicted octanol–water partition coefficient (Wildman–Crippen LogP) is 2.67. The predicted molar refractivity (Wildman–Crippen MR) is 75.7 cm³/mol. The second-order valence-corrected chi connectivity index (χ2v) is 5.90. The van der Waals surface area contributed by atoms with E-state index < -0.39 is 0 Å². The number of aryl methyl sites for hydroxylation is 1. The van der Waals surface area contributed by atoms with Crippen LogP contribution in [0.15, 0.2) is 24.3 Å². The SMILES string of the molecule is CCN1CCC2(c3ccc(C)cc3)CC1CCN2. The summed E-state index contributed by atoms with van der Waals surface area (Å²) in [6.45, 7) is 8.06. The molecular weight excluding hydrogens is 220 g/mol. The molecule has 2 atom stereocenters. The Bertz CT molecular complexity index is 412. The summed E-state index contributed by atoms with van der Waals surface area (Å²) in [5, 5.41) is 3.82. The van der Waals surface area contributed by atoms with Gasteiger partial charge in [-0.1, -0.05) is 36.8 Å². The third kappa shape index (κ3) is 1.98. The molecule has 98 valence electrons. The van der Waals surface area contributed by atoms with Crippen molar-refractivity contribution in [3.05, 3.63) is 35.4 Å². The molecule has 0 radical (unpaired) electrons. The van der Waals surface area contributed by atoms with Crippen LogP contribution in [-0.4, -0.2) is 30.6 Å². The first-order valence-electron chi connectivity index (χ1n) is 7.30. The third-order valence-corrected chi connectivity index (χ3v) is 4.88. The van der Waals surface area contributed by atoms with Gasteiger partial charge in [0, 0.05) is 18.1 Å². The summed E-state index contributed by atoms with van der Waals surface area (Å²) in [4.78, 5) is 2.66. The molecule has 1 N–H and O–H groups in total. The van der Waals surface area contributed by atoms with Crippen molar-refractivity contribution in [2.75, 3.05) is 19.6 Å². The van der Waals surface area contributed by atoms with Crippen molar-refractivity contribution >= 4 is 0 Å². The smallest absolute Gasteiger partial charge is 0.0461 e. The molecule has 1 aromatic carbocycles. The van der Waals surface area contributed by atoms with E-state index in [-0.39, 0.29) is 5.54 Å². The van der Waals surface area contributed by atoms with Crippen molar-refractivity contribution in [2.24, 2.45) is 0 Å². The van der Waals surface area contributed by atoms with Gasteiger partial charge in [0.05, 0.1) is 0 Å². The Hall–Kier alpha value is -0.860. The summed E-state index contributed by atoms with van der Waals surface area (Å²) < 4.78 is 0. The number of likely N-dealkylation sites (tertiary alicyclic amines) is 1. The highest BCUT2D eigenvalue weighted by atomic mass is 15.2. The van der Waals surface area contributed by atoms with Gasteiger partial charge in [-0.25, -0.2) is 0 Å². The van der Waals surface area contributed by atoms with Crippen molar-refractivity contribution in [1.82, 2.24) is 10.2 Å². The molecule has 0 spiro atoms. The van der Waals surface area contributed by atoms with Crippen molar-refractivity contribution < 1.29 is 0 Å². The van der Waals surface area contributed by atoms with Crippen molar-refractivity contribution in [3.63, 3.8) is 0 Å². The minimum Gasteiger partial charge on any atom is -0.307 e. The largest absolute Gasteiger partial charge is 0.307 e. The minimum atomic E-state index is 0.252. The van der Waals surface area contributed by atoms with Crippen LogP contribution in [0.4, 0.5) is 0 Å². The van der Waals surface area contributed by atoms with E-state index in [2.05, 4.69) is 48.3 Å². The molecule has 0 aliphatic carbocycles. The lowest BCUT2D eigenvalue weighted by Gasteiger charge is -2.51. The molecule has 0 aromatic heterocycles. The highest BCUT2D eigenvalue weighted by molar-refractivity contribution is 5.30. The fourth-order valence-corrected chi connectivity index (χ4v) is 3.73. The highest BCUT2D eigenvalue weighted by Crippen LogP contribution is 2.39. The average molecular weight is 244 g/mol. The van der Waals surface area contributed by atoms with Gasteiger partial charge < -0.3 is 10.2 Å². The lowest BCUT2D eigenvalue weighted by atomic mass is 9.74. The first-order chi connectivity index (χ1) is 8.73. The monoisotopic (exact) mass is 244 g/mol. The Labute approximate surface area is 110 Å². The van der Waals surface area contributed by atoms with Gasteiger partial charge in [-0.2, -0.15) is 0 Å². The maximum absolute atomic E-state index is 3.82. The van der Waals surface area contributed by atoms with E-state index in [1.54, 1.807) is 0 Å². The number of piperidine rings is 2. The Morgan fingerprint density at radius 1 is 1.33 bits per heavy atom. The maximum Gasteiger partial charge on any atom is 0.0461 e. The molecule has 0 saturated carbocycles. The van der Waals surface area contributed by atoms with Crippen LogP contribution >= 0.6 is 0 Å². The summed E-state index contributed by atoms with van der Waals surface area (Å²) in [6.07, 6.45) is 3.84. The number of hydrogen-bond acceptors (Lipinski definition) is 2. The standard InChI is InChI=1S/C16H24N2/c1-3-18-11-9-16(12-15(18)8-10-17-16)14-6-4-13(2)5-7-14/h4-7,15,17H,3,8-12H2,1-2H3. The Balaban J connectivity index is 1.88. The number of nitrogens with one attached hydrogen (secondary N) is 1. The quantitative estimate of drug-likeness (QED) is 0.860. The Morgan fingerprint density at radius 3 is 2.83 bits per heavy atom. The summed E-state index contributed by atoms with van der Waals surface area (Å²) in [6, 6.07) is 9.94. The van der Waals surface area contributed by atoms with Gasteiger partial charge in [-0.05, 0) is 44.8 Å². The number of benzene rings is 1. The molecule has 2 fully saturated rings. The van der Waals surface area contributed by atoms with Gasteiger partial charge in [-0.3, -0.25) is 0 Å². The highest BCUT2D eigenvalue weighted by Gasteiger charge is 2.42. The average Bonchev–Trinajstić information content (AvgIpc) is 2.40. The van der Waals surface area contributed by atoms with E-state index in [0.29, 0.717) is 0 Å². The van der Waals surface area contributed by atoms with Gasteiger partial charge in [-0.15, -0.1) is 0 Å². The first-order valence-corrected chi connectivity index (χ1v) is 7.30. The van der Waals surface area contributed by atoms with Crippen LogP contribution in [0.25, 0.3) is 0 Å². The summed E-state index contributed by atoms with van der Waals surface area (Å²) in [5.74, 6) is 0. The molecule has 2 unspecified atom stereocenters. The molecule has 2 heteroatoms. The van der Waals surface area contributed by atoms with E-state index in [4.69, 9.17) is 0 Å². The zero-order chi connectivity index (χ0) is 12.6. The third-order valence-electron chi connectivity index (χ3n) is 4.88. The van der Waals surface area contributed by atoms with E-state index >= 15 is 0 Å². The van der Waals surface area contributed by atoms with Gasteiger partial charge in [0.15, 0.2) is 0 Å². The Kier molecular flexibility index (Phi) is 3.16. The fourth-order valence-electron chi connectivity index (χ4n) is 3.73. The zero-order valence-corrected chi connectivity index (χ0v) is 11.6. The van der Waals surface area contributed by atoms with Gasteiger partial charge in [0.1, 0.15) is 0 Å². The molecule has 18 heavy (non-hydrogen) atoms. The summed E-state index contributed by atoms with van der Waals surface area (Å²) in [5.41, 5.74) is 3.10. The zero-order valence-electron chi connectivity index (χ0n) is 11.6. The maximum atomic E-state index is 3.82. The number of fused-ring (bicyclic) bond motifs is 2. The van der Waals surface area contributed by atoms with Gasteiger partial charge in [0.2, 0.25) is 0 Å². The van der Waals surface area contributed by atoms with Crippen LogP contribution in [0, 0.1) is 6.92 Å². The van der Waals surface area contributed by atoms with Gasteiger partial charge in [0.25, 0.3) is 0 Å². The molecule has 2 aliphatic heterocycles. The second-order valence-electron chi connectivity index (χ2n) is 5.90. The van der Waals surface area contributed by atoms with Crippen LogP contribution in [0.2, 0.25) is 0 Å². The van der Waals surface area contributed by atoms with E-state index in [9.17, 15) is 0 Å². The molecule has 2 aliphatic rings. The molecule has 2 saturated heterocycles. The van der Waals surface area contributed by atoms with E-state index in [0.717, 1.165) is 12.6 Å². The Morgan fingerprint density at radius 2 is 2.11 bits per heavy atom. The molecule has 1 aromatic rings. The van der Waals surface area contributed by atoms with Crippen LogP contribution in [0.1, 0.15) is 37.3 Å². The molecule has 0 amide bonds. The molecular formula is C16H24N2. The number of rotatable bonds is 2. The summed E-state index contributed by atoms with van der Waals surface area (Å²) >= 11 is 0. The summed E-state index contributed by atoms with van der Waals surface area (Å²) in [7, 11) is 0. The molecule has 2 heterocycles. The number of hydrogen-bond donors (Lipinski definition) is 1. The normalized spacial score (nSPS) is 32.4. The van der Waals surface area contributed by atoms with Crippen LogP contribution < -0.4 is 5.32 Å². The van der Waals surface area contributed by atoms with Crippen molar-refractivity contribution in [2.45, 2.75) is 44.7 Å². The molecule has 2 nitrogen and oxygen atoms in total. The van der Waals surface area contributed by atoms with Crippen molar-refractivity contribution in [3.8, 4) is 0 Å². The lowest BCUT2D eigenvalue weighted by molar-refractivity contribution is 0.0446. The minimum absolute atomic E-state index is 0.252. The van der Waals surface area contributed by atoms with Crippen molar-refractivity contribution in [1.29, 1.82) is 0 Å². The van der Waals surface area contributed by atoms with Gasteiger partial charge >= 0.3 is 0 Å². The molecule has 2 bridgehead atoms. The van der Waals surface area contributed by atoms with Crippen LogP contribution in [0.5, 0.6) is 0 Å². The van der Waals surface area contributed by atoms with Crippen LogP contribution in [0.3, 0.4) is 0 Å². The van der Waals surface area contributed by atoms with E-state index in [1.807, 2.05) is 0 Å². The van der Waals surface area contributed by atoms with E-state index in [1.165, 1.54) is 43.5 Å². The number of nitrogens with zero attached hydrogens (tertiary/aromatic N) is 1. The second kappa shape index (κ2) is 4.67. The topological polar surface area (TPSA) is 15.3 Å². The molecule has 3 rings (SSSR count). The lowest BCUT2D eigenvalue weighted by Crippen LogP contribution is -2.59. The first kappa shape index (κ1) is 12.2.